The van der Waals surface area contributed by atoms with Crippen LogP contribution in [0.3, 0.4) is 0 Å². The van der Waals surface area contributed by atoms with Crippen LogP contribution in [-0.2, 0) is 5.41 Å². The molecule has 58 heavy (non-hydrogen) atoms. The number of hydrogen-bond donors (Lipinski definition) is 0. The van der Waals surface area contributed by atoms with Gasteiger partial charge in [-0.3, -0.25) is 9.97 Å². The highest BCUT2D eigenvalue weighted by atomic mass is 15.1. The molecule has 2 aromatic heterocycles. The number of anilines is 3. The summed E-state index contributed by atoms with van der Waals surface area (Å²) in [6.07, 6.45) is 5.77. The van der Waals surface area contributed by atoms with Gasteiger partial charge in [-0.15, -0.1) is 0 Å². The number of benzene rings is 8. The Balaban J connectivity index is 1.07. The van der Waals surface area contributed by atoms with Gasteiger partial charge in [0.15, 0.2) is 0 Å². The second-order valence-corrected chi connectivity index (χ2v) is 15.8. The van der Waals surface area contributed by atoms with E-state index in [1.54, 1.807) is 0 Å². The summed E-state index contributed by atoms with van der Waals surface area (Å²) in [7, 11) is 0. The van der Waals surface area contributed by atoms with Crippen LogP contribution in [0.2, 0.25) is 0 Å². The molecular weight excluding hydrogens is 703 g/mol. The van der Waals surface area contributed by atoms with Crippen molar-refractivity contribution in [2.75, 3.05) is 4.90 Å². The Labute approximate surface area is 338 Å². The average Bonchev–Trinajstić information content (AvgIpc) is 3.51. The van der Waals surface area contributed by atoms with E-state index in [2.05, 4.69) is 200 Å². The van der Waals surface area contributed by atoms with Crippen LogP contribution in [-0.4, -0.2) is 9.97 Å². The lowest BCUT2D eigenvalue weighted by molar-refractivity contribution is 0.660. The van der Waals surface area contributed by atoms with E-state index in [4.69, 9.17) is 4.98 Å². The van der Waals surface area contributed by atoms with E-state index in [9.17, 15) is 0 Å². The molecule has 0 fully saturated rings. The molecule has 0 bridgehead atoms. The van der Waals surface area contributed by atoms with Crippen LogP contribution in [0.4, 0.5) is 17.1 Å². The van der Waals surface area contributed by atoms with E-state index in [-0.39, 0.29) is 5.41 Å². The van der Waals surface area contributed by atoms with Gasteiger partial charge in [0.25, 0.3) is 0 Å². The van der Waals surface area contributed by atoms with E-state index in [1.807, 2.05) is 24.7 Å². The fourth-order valence-corrected chi connectivity index (χ4v) is 9.42. The number of nitrogens with zero attached hydrogens (tertiary/aromatic N) is 3. The Morgan fingerprint density at radius 1 is 0.414 bits per heavy atom. The molecule has 3 nitrogen and oxygen atoms in total. The monoisotopic (exact) mass is 741 g/mol. The molecule has 3 heteroatoms. The summed E-state index contributed by atoms with van der Waals surface area (Å²) in [6.45, 7) is 4.68. The molecule has 0 amide bonds. The molecule has 0 unspecified atom stereocenters. The normalized spacial score (nSPS) is 12.8. The van der Waals surface area contributed by atoms with Crippen LogP contribution < -0.4 is 4.90 Å². The van der Waals surface area contributed by atoms with Crippen molar-refractivity contribution in [2.24, 2.45) is 0 Å². The highest BCUT2D eigenvalue weighted by Gasteiger charge is 2.35. The summed E-state index contributed by atoms with van der Waals surface area (Å²) in [5.74, 6) is 0. The zero-order valence-corrected chi connectivity index (χ0v) is 32.4. The van der Waals surface area contributed by atoms with E-state index < -0.39 is 0 Å². The minimum Gasteiger partial charge on any atom is -0.309 e. The number of hydrogen-bond acceptors (Lipinski definition) is 3. The SMILES string of the molecule is CC1(C)c2ccccc2-c2ccc(N(c3ccc(-c4cccnc4)cc3)c3ccc(-c4c5ccccc5c(-c5cccc6ccccc56)c5ccccc45)nc3)cc21. The van der Waals surface area contributed by atoms with Gasteiger partial charge in [-0.25, -0.2) is 0 Å². The molecule has 0 radical (unpaired) electrons. The van der Waals surface area contributed by atoms with Gasteiger partial charge in [0.1, 0.15) is 0 Å². The van der Waals surface area contributed by atoms with Gasteiger partial charge in [-0.2, -0.15) is 0 Å². The molecule has 1 aliphatic carbocycles. The van der Waals surface area contributed by atoms with Crippen LogP contribution in [0, 0.1) is 0 Å². The fraction of sp³-hybridized carbons (Fsp3) is 0.0545. The van der Waals surface area contributed by atoms with E-state index in [0.29, 0.717) is 0 Å². The van der Waals surface area contributed by atoms with Crippen molar-refractivity contribution in [3.63, 3.8) is 0 Å². The quantitative estimate of drug-likeness (QED) is 0.159. The topological polar surface area (TPSA) is 29.0 Å². The zero-order valence-electron chi connectivity index (χ0n) is 32.4. The Kier molecular flexibility index (Phi) is 7.84. The van der Waals surface area contributed by atoms with Gasteiger partial charge >= 0.3 is 0 Å². The van der Waals surface area contributed by atoms with E-state index in [0.717, 1.165) is 39.4 Å². The third-order valence-electron chi connectivity index (χ3n) is 12.2. The molecule has 0 spiro atoms. The minimum atomic E-state index is -0.125. The maximum Gasteiger partial charge on any atom is 0.0716 e. The number of fused-ring (bicyclic) bond motifs is 6. The lowest BCUT2D eigenvalue weighted by Crippen LogP contribution is -2.16. The molecule has 11 rings (SSSR count). The molecule has 0 atom stereocenters. The maximum absolute atomic E-state index is 5.32. The summed E-state index contributed by atoms with van der Waals surface area (Å²) in [4.78, 5) is 12.0. The molecule has 8 aromatic carbocycles. The smallest absolute Gasteiger partial charge is 0.0716 e. The van der Waals surface area contributed by atoms with Crippen LogP contribution in [0.25, 0.3) is 77.0 Å². The first kappa shape index (κ1) is 33.9. The fourth-order valence-electron chi connectivity index (χ4n) is 9.42. The number of pyridine rings is 2. The third-order valence-corrected chi connectivity index (χ3v) is 12.2. The standard InChI is InChI=1S/C55H39N3/c1-55(2)50-23-10-9-17-43(50)44-30-28-40(33-51(44)55)58(39-26-24-36(25-27-39)38-15-12-32-56-34-38)41-29-31-52(57-35-41)54-48-20-7-5-18-46(48)53(47-19-6-8-21-49(47)54)45-22-11-14-37-13-3-4-16-42(37)45/h3-35H,1-2H3. The van der Waals surface area contributed by atoms with Crippen LogP contribution in [0.1, 0.15) is 25.0 Å². The van der Waals surface area contributed by atoms with Crippen molar-refractivity contribution < 1.29 is 0 Å². The maximum atomic E-state index is 5.32. The van der Waals surface area contributed by atoms with Crippen LogP contribution >= 0.6 is 0 Å². The Morgan fingerprint density at radius 3 is 1.72 bits per heavy atom. The average molecular weight is 742 g/mol. The summed E-state index contributed by atoms with van der Waals surface area (Å²) in [5.41, 5.74) is 15.1. The van der Waals surface area contributed by atoms with Crippen molar-refractivity contribution >= 4 is 49.4 Å². The van der Waals surface area contributed by atoms with Gasteiger partial charge in [0, 0.05) is 34.7 Å². The third kappa shape index (κ3) is 5.35. The Morgan fingerprint density at radius 2 is 1.02 bits per heavy atom. The molecule has 10 aromatic rings. The molecule has 1 aliphatic rings. The summed E-state index contributed by atoms with van der Waals surface area (Å²) < 4.78 is 0. The van der Waals surface area contributed by atoms with Gasteiger partial charge in [0.05, 0.1) is 17.6 Å². The van der Waals surface area contributed by atoms with Gasteiger partial charge in [-0.05, 0) is 119 Å². The minimum absolute atomic E-state index is 0.125. The molecule has 0 saturated heterocycles. The molecule has 0 saturated carbocycles. The van der Waals surface area contributed by atoms with Gasteiger partial charge in [-0.1, -0.05) is 153 Å². The van der Waals surface area contributed by atoms with Gasteiger partial charge < -0.3 is 4.90 Å². The molecule has 0 aliphatic heterocycles. The molecular formula is C55H39N3. The lowest BCUT2D eigenvalue weighted by Gasteiger charge is -2.28. The lowest BCUT2D eigenvalue weighted by atomic mass is 9.82. The number of aromatic nitrogens is 2. The van der Waals surface area contributed by atoms with Crippen molar-refractivity contribution in [1.29, 1.82) is 0 Å². The number of rotatable bonds is 6. The predicted octanol–water partition coefficient (Wildman–Crippen LogP) is 14.7. The summed E-state index contributed by atoms with van der Waals surface area (Å²) >= 11 is 0. The largest absolute Gasteiger partial charge is 0.309 e. The highest BCUT2D eigenvalue weighted by molar-refractivity contribution is 6.23. The summed E-state index contributed by atoms with van der Waals surface area (Å²) in [6, 6.07) is 66.0. The van der Waals surface area contributed by atoms with E-state index >= 15 is 0 Å². The first-order chi connectivity index (χ1) is 28.5. The highest BCUT2D eigenvalue weighted by Crippen LogP contribution is 2.51. The van der Waals surface area contributed by atoms with Crippen molar-refractivity contribution in [3.8, 4) is 44.6 Å². The van der Waals surface area contributed by atoms with Gasteiger partial charge in [0.2, 0.25) is 0 Å². The first-order valence-electron chi connectivity index (χ1n) is 20.0. The van der Waals surface area contributed by atoms with Crippen LogP contribution in [0.15, 0.2) is 201 Å². The Hall–Kier alpha value is -7.36. The zero-order chi connectivity index (χ0) is 38.8. The molecule has 274 valence electrons. The Bertz CT molecular complexity index is 3120. The summed E-state index contributed by atoms with van der Waals surface area (Å²) in [5, 5.41) is 7.30. The first-order valence-corrected chi connectivity index (χ1v) is 20.0. The molecule has 0 N–H and O–H groups in total. The van der Waals surface area contributed by atoms with Crippen molar-refractivity contribution in [3.05, 3.63) is 212 Å². The van der Waals surface area contributed by atoms with Crippen molar-refractivity contribution in [1.82, 2.24) is 9.97 Å². The van der Waals surface area contributed by atoms with E-state index in [1.165, 1.54) is 65.7 Å². The van der Waals surface area contributed by atoms with Crippen LogP contribution in [0.5, 0.6) is 0 Å². The van der Waals surface area contributed by atoms with Crippen molar-refractivity contribution in [2.45, 2.75) is 19.3 Å². The predicted molar refractivity (Wildman–Crippen MR) is 243 cm³/mol. The second kappa shape index (κ2) is 13.4. The second-order valence-electron chi connectivity index (χ2n) is 15.8. The molecule has 2 heterocycles.